The number of carbonyl (C=O) groups is 1. The first-order valence-electron chi connectivity index (χ1n) is 9.91. The number of nitrogens with one attached hydrogen (secondary N) is 1. The van der Waals surface area contributed by atoms with E-state index in [4.69, 9.17) is 9.47 Å². The lowest BCUT2D eigenvalue weighted by Crippen LogP contribution is -2.09. The van der Waals surface area contributed by atoms with Crippen LogP contribution in [-0.4, -0.2) is 19.6 Å². The van der Waals surface area contributed by atoms with Crippen molar-refractivity contribution in [1.82, 2.24) is 0 Å². The molecule has 0 heterocycles. The van der Waals surface area contributed by atoms with E-state index >= 15 is 0 Å². The molecule has 150 valence electrons. The van der Waals surface area contributed by atoms with E-state index in [0.717, 1.165) is 34.5 Å². The van der Waals surface area contributed by atoms with Gasteiger partial charge in [-0.2, -0.15) is 0 Å². The van der Waals surface area contributed by atoms with Crippen LogP contribution in [0.1, 0.15) is 49.3 Å². The van der Waals surface area contributed by atoms with Crippen LogP contribution < -0.4 is 14.8 Å². The molecule has 1 amide bonds. The first-order chi connectivity index (χ1) is 13.5. The van der Waals surface area contributed by atoms with E-state index in [-0.39, 0.29) is 5.91 Å². The standard InChI is InChI=1S/C24H31NO3/c1-5-6-7-8-16-28-22-14-12-20(17-23(22)27-4)13-15-24(26)25-21-11-9-10-18(2)19(21)3/h9-15,17H,5-8,16H2,1-4H3,(H,25,26)/b15-13+. The molecule has 4 heteroatoms. The molecule has 0 aliphatic heterocycles. The lowest BCUT2D eigenvalue weighted by Gasteiger charge is -2.11. The summed E-state index contributed by atoms with van der Waals surface area (Å²) in [6.07, 6.45) is 7.96. The first-order valence-corrected chi connectivity index (χ1v) is 9.91. The first kappa shape index (κ1) is 21.5. The highest BCUT2D eigenvalue weighted by Gasteiger charge is 2.06. The van der Waals surface area contributed by atoms with E-state index in [1.807, 2.05) is 50.2 Å². The van der Waals surface area contributed by atoms with Gasteiger partial charge in [-0.15, -0.1) is 0 Å². The van der Waals surface area contributed by atoms with Crippen molar-refractivity contribution in [2.24, 2.45) is 0 Å². The van der Waals surface area contributed by atoms with Crippen molar-refractivity contribution in [1.29, 1.82) is 0 Å². The van der Waals surface area contributed by atoms with Gasteiger partial charge in [0.25, 0.3) is 0 Å². The summed E-state index contributed by atoms with van der Waals surface area (Å²) >= 11 is 0. The summed E-state index contributed by atoms with van der Waals surface area (Å²) in [4.78, 5) is 12.2. The van der Waals surface area contributed by atoms with Gasteiger partial charge in [-0.1, -0.05) is 44.4 Å². The van der Waals surface area contributed by atoms with Crippen LogP contribution in [0.3, 0.4) is 0 Å². The van der Waals surface area contributed by atoms with Crippen molar-refractivity contribution in [2.75, 3.05) is 19.0 Å². The number of ether oxygens (including phenoxy) is 2. The minimum atomic E-state index is -0.163. The van der Waals surface area contributed by atoms with Crippen LogP contribution in [0.4, 0.5) is 5.69 Å². The Hall–Kier alpha value is -2.75. The predicted octanol–water partition coefficient (Wildman–Crippen LogP) is 5.92. The van der Waals surface area contributed by atoms with Crippen LogP contribution in [0.25, 0.3) is 6.08 Å². The molecule has 2 rings (SSSR count). The number of hydrogen-bond acceptors (Lipinski definition) is 3. The molecule has 0 bridgehead atoms. The maximum Gasteiger partial charge on any atom is 0.248 e. The summed E-state index contributed by atoms with van der Waals surface area (Å²) in [6, 6.07) is 11.6. The van der Waals surface area contributed by atoms with Crippen molar-refractivity contribution in [3.8, 4) is 11.5 Å². The molecule has 0 aliphatic rings. The molecule has 0 atom stereocenters. The smallest absolute Gasteiger partial charge is 0.248 e. The Labute approximate surface area is 168 Å². The van der Waals surface area contributed by atoms with Gasteiger partial charge in [-0.25, -0.2) is 0 Å². The average molecular weight is 382 g/mol. The van der Waals surface area contributed by atoms with Gasteiger partial charge in [0.05, 0.1) is 13.7 Å². The number of amides is 1. The highest BCUT2D eigenvalue weighted by atomic mass is 16.5. The fourth-order valence-corrected chi connectivity index (χ4v) is 2.85. The second-order valence-electron chi connectivity index (χ2n) is 6.89. The molecule has 0 radical (unpaired) electrons. The Morgan fingerprint density at radius 2 is 1.89 bits per heavy atom. The molecule has 0 fully saturated rings. The van der Waals surface area contributed by atoms with Gasteiger partial charge in [0.2, 0.25) is 5.91 Å². The summed E-state index contributed by atoms with van der Waals surface area (Å²) in [5, 5.41) is 2.92. The SMILES string of the molecule is CCCCCCOc1ccc(/C=C/C(=O)Nc2cccc(C)c2C)cc1OC. The van der Waals surface area contributed by atoms with Gasteiger partial charge in [0, 0.05) is 11.8 Å². The second-order valence-corrected chi connectivity index (χ2v) is 6.89. The molecule has 0 saturated carbocycles. The third-order valence-corrected chi connectivity index (χ3v) is 4.73. The van der Waals surface area contributed by atoms with Crippen molar-refractivity contribution in [2.45, 2.75) is 46.5 Å². The number of rotatable bonds is 10. The topological polar surface area (TPSA) is 47.6 Å². The quantitative estimate of drug-likeness (QED) is 0.410. The number of carbonyl (C=O) groups excluding carboxylic acids is 1. The Bertz CT molecular complexity index is 811. The van der Waals surface area contributed by atoms with Crippen molar-refractivity contribution in [3.63, 3.8) is 0 Å². The minimum absolute atomic E-state index is 0.163. The number of benzene rings is 2. The normalized spacial score (nSPS) is 10.9. The van der Waals surface area contributed by atoms with Crippen LogP contribution in [0.15, 0.2) is 42.5 Å². The minimum Gasteiger partial charge on any atom is -0.493 e. The molecule has 0 aromatic heterocycles. The number of methoxy groups -OCH3 is 1. The Kier molecular flexibility index (Phi) is 8.60. The van der Waals surface area contributed by atoms with E-state index in [0.29, 0.717) is 12.4 Å². The van der Waals surface area contributed by atoms with Gasteiger partial charge in [0.15, 0.2) is 11.5 Å². The molecular weight excluding hydrogens is 350 g/mol. The third kappa shape index (κ3) is 6.45. The number of anilines is 1. The molecular formula is C24H31NO3. The number of aryl methyl sites for hydroxylation is 1. The van der Waals surface area contributed by atoms with E-state index in [9.17, 15) is 4.79 Å². The summed E-state index contributed by atoms with van der Waals surface area (Å²) in [5.74, 6) is 1.24. The highest BCUT2D eigenvalue weighted by molar-refractivity contribution is 6.02. The van der Waals surface area contributed by atoms with Crippen LogP contribution in [0.5, 0.6) is 11.5 Å². The third-order valence-electron chi connectivity index (χ3n) is 4.73. The fourth-order valence-electron chi connectivity index (χ4n) is 2.85. The molecule has 0 unspecified atom stereocenters. The maximum atomic E-state index is 12.2. The molecule has 1 N–H and O–H groups in total. The molecule has 0 aliphatic carbocycles. The van der Waals surface area contributed by atoms with E-state index in [1.54, 1.807) is 13.2 Å². The van der Waals surface area contributed by atoms with Gasteiger partial charge in [-0.3, -0.25) is 4.79 Å². The lowest BCUT2D eigenvalue weighted by atomic mass is 10.1. The summed E-state index contributed by atoms with van der Waals surface area (Å²) in [5.41, 5.74) is 3.94. The Morgan fingerprint density at radius 3 is 2.64 bits per heavy atom. The second kappa shape index (κ2) is 11.2. The summed E-state index contributed by atoms with van der Waals surface area (Å²) < 4.78 is 11.3. The predicted molar refractivity (Wildman–Crippen MR) is 116 cm³/mol. The average Bonchev–Trinajstić information content (AvgIpc) is 2.70. The number of unbranched alkanes of at least 4 members (excludes halogenated alkanes) is 3. The van der Waals surface area contributed by atoms with Crippen LogP contribution >= 0.6 is 0 Å². The van der Waals surface area contributed by atoms with E-state index < -0.39 is 0 Å². The molecule has 2 aromatic carbocycles. The van der Waals surface area contributed by atoms with Crippen LogP contribution in [0, 0.1) is 13.8 Å². The zero-order valence-electron chi connectivity index (χ0n) is 17.4. The van der Waals surface area contributed by atoms with Crippen LogP contribution in [0.2, 0.25) is 0 Å². The molecule has 0 saturated heterocycles. The van der Waals surface area contributed by atoms with E-state index in [2.05, 4.69) is 12.2 Å². The molecule has 4 nitrogen and oxygen atoms in total. The zero-order valence-corrected chi connectivity index (χ0v) is 17.4. The summed E-state index contributed by atoms with van der Waals surface area (Å²) in [6.45, 7) is 6.91. The Balaban J connectivity index is 1.97. The highest BCUT2D eigenvalue weighted by Crippen LogP contribution is 2.29. The monoisotopic (exact) mass is 381 g/mol. The van der Waals surface area contributed by atoms with Gasteiger partial charge in [-0.05, 0) is 61.2 Å². The van der Waals surface area contributed by atoms with Gasteiger partial charge < -0.3 is 14.8 Å². The maximum absolute atomic E-state index is 12.2. The Morgan fingerprint density at radius 1 is 1.07 bits per heavy atom. The lowest BCUT2D eigenvalue weighted by molar-refractivity contribution is -0.111. The largest absolute Gasteiger partial charge is 0.493 e. The van der Waals surface area contributed by atoms with E-state index in [1.165, 1.54) is 25.3 Å². The molecule has 0 spiro atoms. The molecule has 28 heavy (non-hydrogen) atoms. The number of hydrogen-bond donors (Lipinski definition) is 1. The zero-order chi connectivity index (χ0) is 20.4. The summed E-state index contributed by atoms with van der Waals surface area (Å²) in [7, 11) is 1.62. The van der Waals surface area contributed by atoms with Crippen molar-refractivity contribution >= 4 is 17.7 Å². The van der Waals surface area contributed by atoms with Gasteiger partial charge >= 0.3 is 0 Å². The molecule has 2 aromatic rings. The van der Waals surface area contributed by atoms with Gasteiger partial charge in [0.1, 0.15) is 0 Å². The van der Waals surface area contributed by atoms with Crippen molar-refractivity contribution in [3.05, 3.63) is 59.2 Å². The van der Waals surface area contributed by atoms with Crippen molar-refractivity contribution < 1.29 is 14.3 Å². The van der Waals surface area contributed by atoms with Crippen LogP contribution in [-0.2, 0) is 4.79 Å². The fraction of sp³-hybridized carbons (Fsp3) is 0.375.